The second-order valence-corrected chi connectivity index (χ2v) is 4.35. The van der Waals surface area contributed by atoms with Gasteiger partial charge in [-0.15, -0.1) is 5.92 Å². The second-order valence-electron chi connectivity index (χ2n) is 3.49. The fourth-order valence-corrected chi connectivity index (χ4v) is 2.11. The summed E-state index contributed by atoms with van der Waals surface area (Å²) in [5, 5.41) is 0. The van der Waals surface area contributed by atoms with Crippen molar-refractivity contribution in [3.05, 3.63) is 34.3 Å². The molecular formula is C13H15Br. The lowest BCUT2D eigenvalue weighted by Crippen LogP contribution is -2.04. The average molecular weight is 251 g/mol. The normalized spacial score (nSPS) is 14.0. The maximum atomic E-state index is 3.57. The Morgan fingerprint density at radius 2 is 1.86 bits per heavy atom. The van der Waals surface area contributed by atoms with E-state index in [0.717, 1.165) is 0 Å². The van der Waals surface area contributed by atoms with Crippen LogP contribution >= 0.6 is 15.9 Å². The van der Waals surface area contributed by atoms with Gasteiger partial charge in [-0.05, 0) is 24.5 Å². The molecule has 14 heavy (non-hydrogen) atoms. The van der Waals surface area contributed by atoms with E-state index in [1.54, 1.807) is 0 Å². The predicted molar refractivity (Wildman–Crippen MR) is 65.2 cm³/mol. The molecular weight excluding hydrogens is 236 g/mol. The van der Waals surface area contributed by atoms with Gasteiger partial charge in [-0.3, -0.25) is 0 Å². The van der Waals surface area contributed by atoms with Crippen molar-refractivity contribution < 1.29 is 0 Å². The van der Waals surface area contributed by atoms with Crippen LogP contribution in [0.15, 0.2) is 28.7 Å². The molecule has 0 aliphatic carbocycles. The molecule has 1 aromatic carbocycles. The molecule has 0 N–H and O–H groups in total. The predicted octanol–water partition coefficient (Wildman–Crippen LogP) is 4.21. The van der Waals surface area contributed by atoms with Gasteiger partial charge in [0.05, 0.1) is 0 Å². The van der Waals surface area contributed by atoms with Crippen LogP contribution in [0.4, 0.5) is 0 Å². The van der Waals surface area contributed by atoms with Crippen molar-refractivity contribution >= 4 is 15.9 Å². The van der Waals surface area contributed by atoms with E-state index in [2.05, 4.69) is 59.8 Å². The Balaban J connectivity index is 2.92. The number of benzene rings is 1. The molecule has 74 valence electrons. The van der Waals surface area contributed by atoms with Crippen LogP contribution in [0.1, 0.15) is 32.3 Å². The molecule has 0 aliphatic rings. The third kappa shape index (κ3) is 2.62. The van der Waals surface area contributed by atoms with Crippen LogP contribution in [0.2, 0.25) is 0 Å². The molecule has 2 atom stereocenters. The Hall–Kier alpha value is -0.740. The van der Waals surface area contributed by atoms with Crippen LogP contribution in [-0.2, 0) is 0 Å². The minimum atomic E-state index is 0.402. The van der Waals surface area contributed by atoms with E-state index in [-0.39, 0.29) is 0 Å². The Kier molecular flexibility index (Phi) is 4.22. The molecule has 1 rings (SSSR count). The molecule has 0 fully saturated rings. The van der Waals surface area contributed by atoms with Crippen LogP contribution in [0.5, 0.6) is 0 Å². The lowest BCUT2D eigenvalue weighted by Gasteiger charge is -2.16. The molecule has 0 saturated heterocycles. The van der Waals surface area contributed by atoms with Gasteiger partial charge in [0.25, 0.3) is 0 Å². The van der Waals surface area contributed by atoms with Gasteiger partial charge in [-0.2, -0.15) is 0 Å². The molecule has 1 heteroatoms. The molecule has 2 unspecified atom stereocenters. The van der Waals surface area contributed by atoms with Gasteiger partial charge in [0.2, 0.25) is 0 Å². The molecule has 0 radical (unpaired) electrons. The summed E-state index contributed by atoms with van der Waals surface area (Å²) in [6.45, 7) is 6.28. The second kappa shape index (κ2) is 5.22. The van der Waals surface area contributed by atoms with Gasteiger partial charge >= 0.3 is 0 Å². The Labute approximate surface area is 94.9 Å². The van der Waals surface area contributed by atoms with Gasteiger partial charge < -0.3 is 0 Å². The van der Waals surface area contributed by atoms with Crippen molar-refractivity contribution in [1.29, 1.82) is 0 Å². The zero-order valence-corrected chi connectivity index (χ0v) is 10.4. The topological polar surface area (TPSA) is 0 Å². The highest BCUT2D eigenvalue weighted by molar-refractivity contribution is 9.10. The van der Waals surface area contributed by atoms with Crippen LogP contribution < -0.4 is 0 Å². The molecule has 0 heterocycles. The Bertz CT molecular complexity index is 357. The molecule has 0 spiro atoms. The summed E-state index contributed by atoms with van der Waals surface area (Å²) >= 11 is 3.57. The van der Waals surface area contributed by atoms with Gasteiger partial charge in [0.15, 0.2) is 0 Å². The van der Waals surface area contributed by atoms with E-state index in [4.69, 9.17) is 0 Å². The fraction of sp³-hybridized carbons (Fsp3) is 0.385. The fourth-order valence-electron chi connectivity index (χ4n) is 1.47. The monoisotopic (exact) mass is 250 g/mol. The standard InChI is InChI=1S/C13H15Br/c1-4-7-10(2)11(3)12-8-5-6-9-13(12)14/h5-6,8-11H,1-3H3. The summed E-state index contributed by atoms with van der Waals surface area (Å²) < 4.78 is 1.18. The summed E-state index contributed by atoms with van der Waals surface area (Å²) in [6.07, 6.45) is 0. The van der Waals surface area contributed by atoms with E-state index in [9.17, 15) is 0 Å². The first-order valence-electron chi connectivity index (χ1n) is 4.83. The quantitative estimate of drug-likeness (QED) is 0.690. The molecule has 0 aliphatic heterocycles. The van der Waals surface area contributed by atoms with Crippen LogP contribution in [0, 0.1) is 17.8 Å². The maximum absolute atomic E-state index is 3.57. The van der Waals surface area contributed by atoms with Crippen molar-refractivity contribution in [3.8, 4) is 11.8 Å². The van der Waals surface area contributed by atoms with E-state index < -0.39 is 0 Å². The van der Waals surface area contributed by atoms with Crippen molar-refractivity contribution in [1.82, 2.24) is 0 Å². The van der Waals surface area contributed by atoms with Crippen LogP contribution in [-0.4, -0.2) is 0 Å². The zero-order chi connectivity index (χ0) is 10.6. The summed E-state index contributed by atoms with van der Waals surface area (Å²) in [6, 6.07) is 8.35. The molecule has 0 amide bonds. The lowest BCUT2D eigenvalue weighted by molar-refractivity contribution is 0.608. The van der Waals surface area contributed by atoms with Crippen LogP contribution in [0.25, 0.3) is 0 Å². The van der Waals surface area contributed by atoms with Crippen molar-refractivity contribution in [2.75, 3.05) is 0 Å². The minimum absolute atomic E-state index is 0.402. The number of rotatable bonds is 2. The third-order valence-corrected chi connectivity index (χ3v) is 3.24. The van der Waals surface area contributed by atoms with E-state index in [1.807, 2.05) is 13.0 Å². The first kappa shape index (κ1) is 11.3. The van der Waals surface area contributed by atoms with Gasteiger partial charge in [-0.25, -0.2) is 0 Å². The molecule has 0 aromatic heterocycles. The van der Waals surface area contributed by atoms with Crippen molar-refractivity contribution in [2.45, 2.75) is 26.7 Å². The van der Waals surface area contributed by atoms with E-state index in [1.165, 1.54) is 10.0 Å². The summed E-state index contributed by atoms with van der Waals surface area (Å²) in [4.78, 5) is 0. The first-order valence-corrected chi connectivity index (χ1v) is 5.62. The smallest absolute Gasteiger partial charge is 0.0240 e. The first-order chi connectivity index (χ1) is 6.66. The maximum Gasteiger partial charge on any atom is 0.0240 e. The van der Waals surface area contributed by atoms with Crippen LogP contribution in [0.3, 0.4) is 0 Å². The summed E-state index contributed by atoms with van der Waals surface area (Å²) in [5.41, 5.74) is 1.34. The summed E-state index contributed by atoms with van der Waals surface area (Å²) in [5.74, 6) is 7.04. The highest BCUT2D eigenvalue weighted by Gasteiger charge is 2.13. The highest BCUT2D eigenvalue weighted by atomic mass is 79.9. The number of halogens is 1. The summed E-state index contributed by atoms with van der Waals surface area (Å²) in [7, 11) is 0. The molecule has 1 aromatic rings. The van der Waals surface area contributed by atoms with Gasteiger partial charge in [0, 0.05) is 10.4 Å². The minimum Gasteiger partial charge on any atom is -0.106 e. The van der Waals surface area contributed by atoms with Crippen molar-refractivity contribution in [3.63, 3.8) is 0 Å². The van der Waals surface area contributed by atoms with E-state index >= 15 is 0 Å². The number of hydrogen-bond donors (Lipinski definition) is 0. The molecule has 0 saturated carbocycles. The highest BCUT2D eigenvalue weighted by Crippen LogP contribution is 2.29. The van der Waals surface area contributed by atoms with Crippen molar-refractivity contribution in [2.24, 2.45) is 5.92 Å². The largest absolute Gasteiger partial charge is 0.106 e. The number of hydrogen-bond acceptors (Lipinski definition) is 0. The zero-order valence-electron chi connectivity index (χ0n) is 8.84. The van der Waals surface area contributed by atoms with Gasteiger partial charge in [0.1, 0.15) is 0 Å². The third-order valence-electron chi connectivity index (χ3n) is 2.52. The van der Waals surface area contributed by atoms with E-state index in [0.29, 0.717) is 11.8 Å². The SMILES string of the molecule is CC#CC(C)C(C)c1ccccc1Br. The Morgan fingerprint density at radius 1 is 1.21 bits per heavy atom. The molecule has 0 bridgehead atoms. The molecule has 0 nitrogen and oxygen atoms in total. The average Bonchev–Trinajstić information content (AvgIpc) is 2.18. The van der Waals surface area contributed by atoms with Gasteiger partial charge in [-0.1, -0.05) is 53.9 Å². The lowest BCUT2D eigenvalue weighted by atomic mass is 9.89. The Morgan fingerprint density at radius 3 is 2.43 bits per heavy atom.